The highest BCUT2D eigenvalue weighted by molar-refractivity contribution is 5.31. The van der Waals surface area contributed by atoms with Crippen LogP contribution >= 0.6 is 0 Å². The highest BCUT2D eigenvalue weighted by atomic mass is 16.5. The van der Waals surface area contributed by atoms with E-state index in [1.54, 1.807) is 6.20 Å². The van der Waals surface area contributed by atoms with Gasteiger partial charge in [0.2, 0.25) is 0 Å². The average molecular weight is 271 g/mol. The second-order valence-corrected chi connectivity index (χ2v) is 5.05. The molecule has 0 fully saturated rings. The van der Waals surface area contributed by atoms with E-state index >= 15 is 0 Å². The normalized spacial score (nSPS) is 12.4. The van der Waals surface area contributed by atoms with Crippen molar-refractivity contribution in [1.29, 1.82) is 0 Å². The molecule has 1 unspecified atom stereocenters. The van der Waals surface area contributed by atoms with Gasteiger partial charge in [0.1, 0.15) is 5.75 Å². The number of nitrogens with zero attached hydrogens (tertiary/aromatic N) is 2. The molecule has 0 aliphatic heterocycles. The molecule has 0 bridgehead atoms. The summed E-state index contributed by atoms with van der Waals surface area (Å²) in [6, 6.07) is 8.05. The van der Waals surface area contributed by atoms with E-state index in [1.807, 2.05) is 58.3 Å². The zero-order valence-electron chi connectivity index (χ0n) is 12.4. The molecule has 1 N–H and O–H groups in total. The van der Waals surface area contributed by atoms with E-state index in [4.69, 9.17) is 4.74 Å². The third kappa shape index (κ3) is 3.54. The van der Waals surface area contributed by atoms with Gasteiger partial charge < -0.3 is 10.1 Å². The number of aromatic nitrogens is 2. The first-order valence-electron chi connectivity index (χ1n) is 6.82. The summed E-state index contributed by atoms with van der Waals surface area (Å²) < 4.78 is 5.70. The van der Waals surface area contributed by atoms with Gasteiger partial charge in [-0.25, -0.2) is 0 Å². The predicted molar refractivity (Wildman–Crippen MR) is 79.9 cm³/mol. The molecule has 0 radical (unpaired) electrons. The maximum absolute atomic E-state index is 5.70. The third-order valence-electron chi connectivity index (χ3n) is 2.93. The lowest BCUT2D eigenvalue weighted by Gasteiger charge is -2.18. The molecule has 0 aromatic carbocycles. The van der Waals surface area contributed by atoms with E-state index < -0.39 is 0 Å². The highest BCUT2D eigenvalue weighted by Crippen LogP contribution is 2.23. The predicted octanol–water partition coefficient (Wildman–Crippen LogP) is 2.88. The first-order valence-corrected chi connectivity index (χ1v) is 6.82. The Hall–Kier alpha value is -1.94. The summed E-state index contributed by atoms with van der Waals surface area (Å²) >= 11 is 0. The van der Waals surface area contributed by atoms with Gasteiger partial charge in [-0.15, -0.1) is 0 Å². The molecule has 0 amide bonds. The molecule has 2 rings (SSSR count). The smallest absolute Gasteiger partial charge is 0.138 e. The molecule has 0 saturated carbocycles. The Morgan fingerprint density at radius 1 is 1.20 bits per heavy atom. The van der Waals surface area contributed by atoms with E-state index in [0.717, 1.165) is 22.7 Å². The molecule has 2 aromatic heterocycles. The minimum absolute atomic E-state index is 0.0121. The second kappa shape index (κ2) is 6.48. The van der Waals surface area contributed by atoms with E-state index in [-0.39, 0.29) is 12.1 Å². The van der Waals surface area contributed by atoms with Crippen molar-refractivity contribution in [2.45, 2.75) is 32.9 Å². The maximum Gasteiger partial charge on any atom is 0.138 e. The Morgan fingerprint density at radius 2 is 2.00 bits per heavy atom. The number of hydrogen-bond donors (Lipinski definition) is 1. The Morgan fingerprint density at radius 3 is 2.65 bits per heavy atom. The van der Waals surface area contributed by atoms with E-state index in [9.17, 15) is 0 Å². The molecule has 106 valence electrons. The van der Waals surface area contributed by atoms with Crippen LogP contribution < -0.4 is 10.1 Å². The van der Waals surface area contributed by atoms with Crippen LogP contribution in [0.2, 0.25) is 0 Å². The Kier molecular flexibility index (Phi) is 4.69. The van der Waals surface area contributed by atoms with Crippen LogP contribution in [0.3, 0.4) is 0 Å². The fourth-order valence-corrected chi connectivity index (χ4v) is 2.14. The standard InChI is InChI=1S/C16H21N3O/c1-11(2)20-14-8-13(9-18-10-14)16(17-4)15-7-5-6-12(3)19-15/h5-11,16-17H,1-4H3. The van der Waals surface area contributed by atoms with Gasteiger partial charge in [-0.2, -0.15) is 0 Å². The fourth-order valence-electron chi connectivity index (χ4n) is 2.14. The van der Waals surface area contributed by atoms with Gasteiger partial charge in [0.15, 0.2) is 0 Å². The molecule has 0 saturated heterocycles. The minimum atomic E-state index is 0.0121. The second-order valence-electron chi connectivity index (χ2n) is 5.05. The molecule has 0 aliphatic carbocycles. The lowest BCUT2D eigenvalue weighted by Crippen LogP contribution is -2.19. The molecule has 2 heterocycles. The van der Waals surface area contributed by atoms with Crippen LogP contribution in [0, 0.1) is 6.92 Å². The molecular formula is C16H21N3O. The van der Waals surface area contributed by atoms with Crippen molar-refractivity contribution in [2.75, 3.05) is 7.05 Å². The van der Waals surface area contributed by atoms with E-state index in [1.165, 1.54) is 0 Å². The summed E-state index contributed by atoms with van der Waals surface area (Å²) in [5.41, 5.74) is 3.03. The number of hydrogen-bond acceptors (Lipinski definition) is 4. The van der Waals surface area contributed by atoms with Crippen molar-refractivity contribution in [1.82, 2.24) is 15.3 Å². The monoisotopic (exact) mass is 271 g/mol. The quantitative estimate of drug-likeness (QED) is 0.908. The number of ether oxygens (including phenoxy) is 1. The van der Waals surface area contributed by atoms with Gasteiger partial charge in [0, 0.05) is 11.9 Å². The van der Waals surface area contributed by atoms with Gasteiger partial charge in [0.25, 0.3) is 0 Å². The summed E-state index contributed by atoms with van der Waals surface area (Å²) in [6.45, 7) is 6.00. The molecule has 20 heavy (non-hydrogen) atoms. The van der Waals surface area contributed by atoms with Crippen molar-refractivity contribution in [2.24, 2.45) is 0 Å². The molecule has 4 nitrogen and oxygen atoms in total. The van der Waals surface area contributed by atoms with Crippen LogP contribution in [0.15, 0.2) is 36.7 Å². The molecule has 0 aliphatic rings. The van der Waals surface area contributed by atoms with Crippen molar-refractivity contribution in [3.8, 4) is 5.75 Å². The largest absolute Gasteiger partial charge is 0.489 e. The fraction of sp³-hybridized carbons (Fsp3) is 0.375. The topological polar surface area (TPSA) is 47.0 Å². The number of pyridine rings is 2. The number of nitrogens with one attached hydrogen (secondary N) is 1. The maximum atomic E-state index is 5.70. The summed E-state index contributed by atoms with van der Waals surface area (Å²) in [5, 5.41) is 3.28. The number of aryl methyl sites for hydroxylation is 1. The zero-order chi connectivity index (χ0) is 14.5. The third-order valence-corrected chi connectivity index (χ3v) is 2.93. The summed E-state index contributed by atoms with van der Waals surface area (Å²) in [5.74, 6) is 0.783. The van der Waals surface area contributed by atoms with Gasteiger partial charge in [-0.1, -0.05) is 6.07 Å². The molecule has 4 heteroatoms. The Balaban J connectivity index is 2.32. The van der Waals surface area contributed by atoms with Crippen molar-refractivity contribution in [3.05, 3.63) is 53.6 Å². The van der Waals surface area contributed by atoms with E-state index in [0.29, 0.717) is 0 Å². The summed E-state index contributed by atoms with van der Waals surface area (Å²) in [6.07, 6.45) is 3.72. The summed E-state index contributed by atoms with van der Waals surface area (Å²) in [4.78, 5) is 8.84. The Bertz CT molecular complexity index is 569. The summed E-state index contributed by atoms with van der Waals surface area (Å²) in [7, 11) is 1.92. The average Bonchev–Trinajstić information content (AvgIpc) is 2.39. The lowest BCUT2D eigenvalue weighted by atomic mass is 10.0. The van der Waals surface area contributed by atoms with E-state index in [2.05, 4.69) is 15.3 Å². The lowest BCUT2D eigenvalue weighted by molar-refractivity contribution is 0.241. The SMILES string of the molecule is CNC(c1cncc(OC(C)C)c1)c1cccc(C)n1. The van der Waals surface area contributed by atoms with Gasteiger partial charge >= 0.3 is 0 Å². The zero-order valence-corrected chi connectivity index (χ0v) is 12.4. The van der Waals surface area contributed by atoms with Crippen LogP contribution in [0.25, 0.3) is 0 Å². The van der Waals surface area contributed by atoms with Crippen LogP contribution in [0.1, 0.15) is 36.8 Å². The van der Waals surface area contributed by atoms with Crippen LogP contribution in [-0.4, -0.2) is 23.1 Å². The van der Waals surface area contributed by atoms with Gasteiger partial charge in [-0.3, -0.25) is 9.97 Å². The molecule has 0 spiro atoms. The van der Waals surface area contributed by atoms with Crippen molar-refractivity contribution >= 4 is 0 Å². The molecule has 1 atom stereocenters. The van der Waals surface area contributed by atoms with Gasteiger partial charge in [-0.05, 0) is 51.6 Å². The minimum Gasteiger partial charge on any atom is -0.489 e. The highest BCUT2D eigenvalue weighted by Gasteiger charge is 2.15. The molecular weight excluding hydrogens is 250 g/mol. The first kappa shape index (κ1) is 14.5. The van der Waals surface area contributed by atoms with Crippen LogP contribution in [0.4, 0.5) is 0 Å². The first-order chi connectivity index (χ1) is 9.60. The number of rotatable bonds is 5. The Labute approximate surface area is 120 Å². The molecule has 2 aromatic rings. The van der Waals surface area contributed by atoms with Crippen molar-refractivity contribution < 1.29 is 4.74 Å². The van der Waals surface area contributed by atoms with Gasteiger partial charge in [0.05, 0.1) is 24.0 Å². The van der Waals surface area contributed by atoms with Crippen LogP contribution in [-0.2, 0) is 0 Å². The van der Waals surface area contributed by atoms with Crippen molar-refractivity contribution in [3.63, 3.8) is 0 Å². The van der Waals surface area contributed by atoms with Crippen LogP contribution in [0.5, 0.6) is 5.75 Å².